The van der Waals surface area contributed by atoms with Gasteiger partial charge < -0.3 is 15.6 Å². The highest BCUT2D eigenvalue weighted by atomic mass is 16.2. The molecule has 0 aliphatic carbocycles. The van der Waals surface area contributed by atoms with Gasteiger partial charge in [-0.25, -0.2) is 0 Å². The Labute approximate surface area is 80.4 Å². The van der Waals surface area contributed by atoms with Crippen LogP contribution >= 0.6 is 0 Å². The van der Waals surface area contributed by atoms with Crippen LogP contribution in [0.2, 0.25) is 6.82 Å². The molecule has 2 aliphatic rings. The second-order valence-electron chi connectivity index (χ2n) is 4.55. The fourth-order valence-electron chi connectivity index (χ4n) is 3.07. The lowest BCUT2D eigenvalue weighted by atomic mass is 9.71. The van der Waals surface area contributed by atoms with Crippen molar-refractivity contribution in [3.8, 4) is 0 Å². The van der Waals surface area contributed by atoms with E-state index in [0.717, 1.165) is 12.8 Å². The first-order valence-corrected chi connectivity index (χ1v) is 5.39. The number of nitrogens with zero attached hydrogens (tertiary/aromatic N) is 1. The summed E-state index contributed by atoms with van der Waals surface area (Å²) in [6.07, 6.45) is 5.89. The fraction of sp³-hybridized carbons (Fsp3) is 1.00. The molecule has 0 radical (unpaired) electrons. The van der Waals surface area contributed by atoms with E-state index in [9.17, 15) is 5.02 Å². The van der Waals surface area contributed by atoms with E-state index in [0.29, 0.717) is 18.1 Å². The van der Waals surface area contributed by atoms with Gasteiger partial charge >= 0.3 is 7.05 Å². The van der Waals surface area contributed by atoms with E-state index < -0.39 is 0 Å². The van der Waals surface area contributed by atoms with E-state index in [2.05, 4.69) is 4.81 Å². The summed E-state index contributed by atoms with van der Waals surface area (Å²) in [5.74, 6) is 0. The van der Waals surface area contributed by atoms with Gasteiger partial charge in [0, 0.05) is 18.1 Å². The van der Waals surface area contributed by atoms with Gasteiger partial charge in [0.25, 0.3) is 0 Å². The summed E-state index contributed by atoms with van der Waals surface area (Å²) < 4.78 is 0. The smallest absolute Gasteiger partial charge is 0.376 e. The molecule has 0 aromatic carbocycles. The molecule has 0 spiro atoms. The van der Waals surface area contributed by atoms with Gasteiger partial charge in [-0.15, -0.1) is 0 Å². The van der Waals surface area contributed by atoms with Crippen molar-refractivity contribution in [2.45, 2.75) is 57.1 Å². The second-order valence-corrected chi connectivity index (χ2v) is 4.55. The molecule has 0 aromatic heterocycles. The Morgan fingerprint density at radius 1 is 1.31 bits per heavy atom. The number of hydrogen-bond donors (Lipinski definition) is 2. The van der Waals surface area contributed by atoms with E-state index >= 15 is 0 Å². The summed E-state index contributed by atoms with van der Waals surface area (Å²) in [5, 5.41) is 9.65. The quantitative estimate of drug-likeness (QED) is 0.578. The molecule has 4 heteroatoms. The first kappa shape index (κ1) is 9.50. The van der Waals surface area contributed by atoms with Crippen LogP contribution in [-0.4, -0.2) is 35.0 Å². The van der Waals surface area contributed by atoms with Crippen LogP contribution in [0.4, 0.5) is 0 Å². The van der Waals surface area contributed by atoms with Crippen LogP contribution in [0.5, 0.6) is 0 Å². The summed E-state index contributed by atoms with van der Waals surface area (Å²) in [6, 6.07) is 1.45. The summed E-state index contributed by atoms with van der Waals surface area (Å²) in [6.45, 7) is 1.88. The Morgan fingerprint density at radius 3 is 2.31 bits per heavy atom. The van der Waals surface area contributed by atoms with E-state index in [4.69, 9.17) is 5.73 Å². The molecule has 74 valence electrons. The molecule has 0 aromatic rings. The Hall–Kier alpha value is -0.0551. The number of rotatable bonds is 1. The Bertz CT molecular complexity index is 174. The topological polar surface area (TPSA) is 49.5 Å². The van der Waals surface area contributed by atoms with Crippen LogP contribution in [0.25, 0.3) is 0 Å². The minimum Gasteiger partial charge on any atom is -0.437 e. The molecule has 2 bridgehead atoms. The highest BCUT2D eigenvalue weighted by Crippen LogP contribution is 2.33. The van der Waals surface area contributed by atoms with Crippen molar-refractivity contribution >= 4 is 7.05 Å². The molecule has 3 nitrogen and oxygen atoms in total. The predicted molar refractivity (Wildman–Crippen MR) is 54.3 cm³/mol. The maximum atomic E-state index is 9.65. The summed E-state index contributed by atoms with van der Waals surface area (Å²) in [7, 11) is -0.289. The normalized spacial score (nSPS) is 40.4. The SMILES string of the molecule is CB(O)N1C2CCC[C@@H]1C[C@@H](N)C2. The zero-order chi connectivity index (χ0) is 9.42. The largest absolute Gasteiger partial charge is 0.437 e. The van der Waals surface area contributed by atoms with Gasteiger partial charge in [-0.3, -0.25) is 0 Å². The van der Waals surface area contributed by atoms with Crippen molar-refractivity contribution in [3.05, 3.63) is 0 Å². The maximum absolute atomic E-state index is 9.65. The minimum absolute atomic E-state index is 0.289. The number of nitrogens with two attached hydrogens (primary N) is 1. The zero-order valence-electron chi connectivity index (χ0n) is 8.32. The van der Waals surface area contributed by atoms with Gasteiger partial charge in [-0.1, -0.05) is 6.42 Å². The standard InChI is InChI=1S/C9H19BN2O/c1-10(13)12-8-3-2-4-9(12)6-7(11)5-8/h7-9,13H,2-6,11H2,1H3/t7-,8-,9?/m1/s1. The molecule has 2 rings (SSSR count). The van der Waals surface area contributed by atoms with Crippen molar-refractivity contribution in [2.24, 2.45) is 5.73 Å². The Balaban J connectivity index is 2.10. The first-order chi connectivity index (χ1) is 6.18. The van der Waals surface area contributed by atoms with E-state index in [1.807, 2.05) is 6.82 Å². The molecular weight excluding hydrogens is 163 g/mol. The van der Waals surface area contributed by atoms with Gasteiger partial charge in [0.2, 0.25) is 0 Å². The molecule has 0 amide bonds. The van der Waals surface area contributed by atoms with Crippen LogP contribution in [-0.2, 0) is 0 Å². The number of fused-ring (bicyclic) bond motifs is 2. The molecule has 0 saturated carbocycles. The zero-order valence-corrected chi connectivity index (χ0v) is 8.32. The monoisotopic (exact) mass is 182 g/mol. The van der Waals surface area contributed by atoms with Gasteiger partial charge in [0.1, 0.15) is 0 Å². The molecule has 3 N–H and O–H groups in total. The Morgan fingerprint density at radius 2 is 1.85 bits per heavy atom. The summed E-state index contributed by atoms with van der Waals surface area (Å²) >= 11 is 0. The molecule has 2 saturated heterocycles. The third kappa shape index (κ3) is 1.76. The highest BCUT2D eigenvalue weighted by Gasteiger charge is 2.39. The average molecular weight is 182 g/mol. The average Bonchev–Trinajstić information content (AvgIpc) is 2.01. The van der Waals surface area contributed by atoms with E-state index in [1.54, 1.807) is 0 Å². The third-order valence-corrected chi connectivity index (χ3v) is 3.50. The summed E-state index contributed by atoms with van der Waals surface area (Å²) in [5.41, 5.74) is 5.98. The molecule has 13 heavy (non-hydrogen) atoms. The van der Waals surface area contributed by atoms with Gasteiger partial charge in [-0.2, -0.15) is 0 Å². The number of piperidine rings is 2. The lowest BCUT2D eigenvalue weighted by Gasteiger charge is -2.49. The molecular formula is C9H19BN2O. The minimum atomic E-state index is -0.289. The molecule has 2 heterocycles. The predicted octanol–water partition coefficient (Wildman–Crippen LogP) is 0.441. The molecule has 2 aliphatic heterocycles. The van der Waals surface area contributed by atoms with Gasteiger partial charge in [0.15, 0.2) is 0 Å². The molecule has 3 atom stereocenters. The molecule has 1 unspecified atom stereocenters. The van der Waals surface area contributed by atoms with E-state index in [1.165, 1.54) is 19.3 Å². The second kappa shape index (κ2) is 3.60. The van der Waals surface area contributed by atoms with Crippen LogP contribution in [0, 0.1) is 0 Å². The third-order valence-electron chi connectivity index (χ3n) is 3.50. The maximum Gasteiger partial charge on any atom is 0.376 e. The van der Waals surface area contributed by atoms with Crippen molar-refractivity contribution in [1.29, 1.82) is 0 Å². The Kier molecular flexibility index (Phi) is 2.63. The van der Waals surface area contributed by atoms with Crippen molar-refractivity contribution in [3.63, 3.8) is 0 Å². The van der Waals surface area contributed by atoms with E-state index in [-0.39, 0.29) is 7.05 Å². The molecule has 2 fully saturated rings. The van der Waals surface area contributed by atoms with Crippen molar-refractivity contribution < 1.29 is 5.02 Å². The first-order valence-electron chi connectivity index (χ1n) is 5.39. The van der Waals surface area contributed by atoms with Crippen molar-refractivity contribution in [2.75, 3.05) is 0 Å². The van der Waals surface area contributed by atoms with Crippen LogP contribution < -0.4 is 5.73 Å². The highest BCUT2D eigenvalue weighted by molar-refractivity contribution is 6.45. The van der Waals surface area contributed by atoms with Crippen molar-refractivity contribution in [1.82, 2.24) is 4.81 Å². The van der Waals surface area contributed by atoms with Crippen LogP contribution in [0.15, 0.2) is 0 Å². The van der Waals surface area contributed by atoms with Crippen LogP contribution in [0.1, 0.15) is 32.1 Å². The van der Waals surface area contributed by atoms with Crippen LogP contribution in [0.3, 0.4) is 0 Å². The number of hydrogen-bond acceptors (Lipinski definition) is 3. The van der Waals surface area contributed by atoms with Gasteiger partial charge in [-0.05, 0) is 32.5 Å². The lowest BCUT2D eigenvalue weighted by Crippen LogP contribution is -2.59. The van der Waals surface area contributed by atoms with Gasteiger partial charge in [0.05, 0.1) is 0 Å². The summed E-state index contributed by atoms with van der Waals surface area (Å²) in [4.78, 5) is 2.27. The lowest BCUT2D eigenvalue weighted by molar-refractivity contribution is 0.0923. The fourth-order valence-corrected chi connectivity index (χ4v) is 3.07.